The first-order chi connectivity index (χ1) is 9.09. The molecule has 1 amide bonds. The van der Waals surface area contributed by atoms with Crippen molar-refractivity contribution < 1.29 is 4.79 Å². The summed E-state index contributed by atoms with van der Waals surface area (Å²) in [6.45, 7) is 4.95. The van der Waals surface area contributed by atoms with Crippen LogP contribution in [0.15, 0.2) is 35.3 Å². The van der Waals surface area contributed by atoms with Gasteiger partial charge in [-0.3, -0.25) is 9.79 Å². The molecule has 0 atom stereocenters. The van der Waals surface area contributed by atoms with E-state index in [0.717, 1.165) is 12.1 Å². The lowest BCUT2D eigenvalue weighted by Crippen LogP contribution is -2.29. The Kier molecular flexibility index (Phi) is 9.79. The van der Waals surface area contributed by atoms with Gasteiger partial charge in [-0.1, -0.05) is 32.0 Å². The summed E-state index contributed by atoms with van der Waals surface area (Å²) in [6.07, 6.45) is 0.773. The minimum Gasteiger partial charge on any atom is -0.370 e. The lowest BCUT2D eigenvalue weighted by atomic mass is 10.2. The Morgan fingerprint density at radius 2 is 1.95 bits per heavy atom. The van der Waals surface area contributed by atoms with Gasteiger partial charge in [0.05, 0.1) is 0 Å². The molecule has 1 aromatic rings. The average Bonchev–Trinajstić information content (AvgIpc) is 2.39. The highest BCUT2D eigenvalue weighted by molar-refractivity contribution is 14.0. The molecule has 0 aliphatic rings. The van der Waals surface area contributed by atoms with Crippen LogP contribution in [0.25, 0.3) is 0 Å². The number of guanidine groups is 1. The summed E-state index contributed by atoms with van der Waals surface area (Å²) >= 11 is 0. The molecule has 112 valence electrons. The largest absolute Gasteiger partial charge is 0.370 e. The maximum atomic E-state index is 11.3. The normalized spacial score (nSPS) is 10.8. The van der Waals surface area contributed by atoms with Crippen molar-refractivity contribution in [2.45, 2.75) is 20.3 Å². The maximum Gasteiger partial charge on any atom is 0.222 e. The third kappa shape index (κ3) is 7.98. The molecule has 20 heavy (non-hydrogen) atoms. The standard InChI is InChI=1S/C14H22N4O.HI/c1-11(2)13(19)16-9-6-10-17-14(15)18-12-7-4-3-5-8-12;/h3-5,7-8,11H,6,9-10H2,1-2H3,(H,16,19)(H3,15,17,18);1H. The van der Waals surface area contributed by atoms with Gasteiger partial charge in [-0.15, -0.1) is 24.0 Å². The molecule has 0 unspecified atom stereocenters. The SMILES string of the molecule is CC(C)C(=O)NCCCN=C(N)Nc1ccccc1.I. The minimum atomic E-state index is 0. The fourth-order valence-corrected chi connectivity index (χ4v) is 1.40. The number of hydrogen-bond donors (Lipinski definition) is 3. The van der Waals surface area contributed by atoms with Crippen molar-refractivity contribution >= 4 is 41.5 Å². The Morgan fingerprint density at radius 1 is 1.30 bits per heavy atom. The van der Waals surface area contributed by atoms with E-state index in [1.807, 2.05) is 44.2 Å². The number of aliphatic imine (C=N–C) groups is 1. The molecule has 0 radical (unpaired) electrons. The first kappa shape index (κ1) is 18.7. The number of halogens is 1. The van der Waals surface area contributed by atoms with Gasteiger partial charge in [0.2, 0.25) is 5.91 Å². The third-order valence-corrected chi connectivity index (χ3v) is 2.49. The van der Waals surface area contributed by atoms with Gasteiger partial charge in [-0.05, 0) is 18.6 Å². The molecular weight excluding hydrogens is 367 g/mol. The Hall–Kier alpha value is -1.31. The fourth-order valence-electron chi connectivity index (χ4n) is 1.40. The van der Waals surface area contributed by atoms with Gasteiger partial charge in [0, 0.05) is 24.7 Å². The Labute approximate surface area is 137 Å². The molecular formula is C14H23IN4O. The van der Waals surface area contributed by atoms with Crippen LogP contribution in [-0.2, 0) is 4.79 Å². The summed E-state index contributed by atoms with van der Waals surface area (Å²) in [4.78, 5) is 15.5. The van der Waals surface area contributed by atoms with Gasteiger partial charge in [0.25, 0.3) is 0 Å². The van der Waals surface area contributed by atoms with Crippen molar-refractivity contribution in [2.24, 2.45) is 16.6 Å². The smallest absolute Gasteiger partial charge is 0.222 e. The van der Waals surface area contributed by atoms with Crippen LogP contribution >= 0.6 is 24.0 Å². The van der Waals surface area contributed by atoms with Crippen LogP contribution in [0.5, 0.6) is 0 Å². The molecule has 1 rings (SSSR count). The van der Waals surface area contributed by atoms with E-state index >= 15 is 0 Å². The van der Waals surface area contributed by atoms with E-state index in [9.17, 15) is 4.79 Å². The van der Waals surface area contributed by atoms with Crippen LogP contribution in [0.4, 0.5) is 5.69 Å². The number of para-hydroxylation sites is 1. The predicted molar refractivity (Wildman–Crippen MR) is 94.4 cm³/mol. The fraction of sp³-hybridized carbons (Fsp3) is 0.429. The second-order valence-electron chi connectivity index (χ2n) is 4.56. The number of amides is 1. The predicted octanol–water partition coefficient (Wildman–Crippen LogP) is 2.19. The lowest BCUT2D eigenvalue weighted by Gasteiger charge is -2.07. The van der Waals surface area contributed by atoms with Crippen molar-refractivity contribution in [3.63, 3.8) is 0 Å². The molecule has 5 nitrogen and oxygen atoms in total. The zero-order valence-corrected chi connectivity index (χ0v) is 14.3. The van der Waals surface area contributed by atoms with Crippen molar-refractivity contribution in [2.75, 3.05) is 18.4 Å². The molecule has 0 saturated heterocycles. The highest BCUT2D eigenvalue weighted by Gasteiger charge is 2.04. The molecule has 1 aromatic carbocycles. The van der Waals surface area contributed by atoms with Crippen molar-refractivity contribution in [3.8, 4) is 0 Å². The van der Waals surface area contributed by atoms with E-state index in [-0.39, 0.29) is 35.8 Å². The minimum absolute atomic E-state index is 0. The molecule has 0 aromatic heterocycles. The summed E-state index contributed by atoms with van der Waals surface area (Å²) in [6, 6.07) is 9.64. The Bertz CT molecular complexity index is 420. The number of anilines is 1. The lowest BCUT2D eigenvalue weighted by molar-refractivity contribution is -0.123. The van der Waals surface area contributed by atoms with Crippen molar-refractivity contribution in [3.05, 3.63) is 30.3 Å². The molecule has 0 aliphatic carbocycles. The number of hydrogen-bond acceptors (Lipinski definition) is 2. The second kappa shape index (κ2) is 10.5. The number of nitrogens with zero attached hydrogens (tertiary/aromatic N) is 1. The third-order valence-electron chi connectivity index (χ3n) is 2.49. The summed E-state index contributed by atoms with van der Waals surface area (Å²) in [5.74, 6) is 0.481. The molecule has 0 spiro atoms. The summed E-state index contributed by atoms with van der Waals surface area (Å²) < 4.78 is 0. The average molecular weight is 390 g/mol. The Morgan fingerprint density at radius 3 is 2.55 bits per heavy atom. The number of nitrogens with one attached hydrogen (secondary N) is 2. The summed E-state index contributed by atoms with van der Waals surface area (Å²) in [5, 5.41) is 5.84. The van der Waals surface area contributed by atoms with Gasteiger partial charge >= 0.3 is 0 Å². The molecule has 0 fully saturated rings. The van der Waals surface area contributed by atoms with E-state index in [1.54, 1.807) is 0 Å². The van der Waals surface area contributed by atoms with Gasteiger partial charge < -0.3 is 16.4 Å². The molecule has 0 saturated carbocycles. The van der Waals surface area contributed by atoms with E-state index in [2.05, 4.69) is 15.6 Å². The van der Waals surface area contributed by atoms with Gasteiger partial charge in [-0.2, -0.15) is 0 Å². The van der Waals surface area contributed by atoms with Crippen LogP contribution in [0, 0.1) is 5.92 Å². The van der Waals surface area contributed by atoms with Crippen LogP contribution < -0.4 is 16.4 Å². The number of benzene rings is 1. The van der Waals surface area contributed by atoms with E-state index in [1.165, 1.54) is 0 Å². The highest BCUT2D eigenvalue weighted by atomic mass is 127. The van der Waals surface area contributed by atoms with Crippen LogP contribution in [0.2, 0.25) is 0 Å². The quantitative estimate of drug-likeness (QED) is 0.302. The molecule has 4 N–H and O–H groups in total. The number of nitrogens with two attached hydrogens (primary N) is 1. The monoisotopic (exact) mass is 390 g/mol. The van der Waals surface area contributed by atoms with E-state index < -0.39 is 0 Å². The van der Waals surface area contributed by atoms with Crippen LogP contribution in [0.1, 0.15) is 20.3 Å². The van der Waals surface area contributed by atoms with Gasteiger partial charge in [0.1, 0.15) is 0 Å². The van der Waals surface area contributed by atoms with Crippen molar-refractivity contribution in [1.82, 2.24) is 5.32 Å². The van der Waals surface area contributed by atoms with E-state index in [0.29, 0.717) is 19.0 Å². The van der Waals surface area contributed by atoms with Crippen LogP contribution in [-0.4, -0.2) is 25.0 Å². The number of rotatable bonds is 6. The number of carbonyl (C=O) groups excluding carboxylic acids is 1. The molecule has 0 heterocycles. The molecule has 6 heteroatoms. The molecule has 0 bridgehead atoms. The number of carbonyl (C=O) groups is 1. The summed E-state index contributed by atoms with van der Waals surface area (Å²) in [5.41, 5.74) is 6.66. The second-order valence-corrected chi connectivity index (χ2v) is 4.56. The zero-order valence-electron chi connectivity index (χ0n) is 11.9. The zero-order chi connectivity index (χ0) is 14.1. The highest BCUT2D eigenvalue weighted by Crippen LogP contribution is 2.03. The summed E-state index contributed by atoms with van der Waals surface area (Å²) in [7, 11) is 0. The Balaban J connectivity index is 0.00000361. The van der Waals surface area contributed by atoms with Crippen LogP contribution in [0.3, 0.4) is 0 Å². The topological polar surface area (TPSA) is 79.5 Å². The first-order valence-corrected chi connectivity index (χ1v) is 6.49. The van der Waals surface area contributed by atoms with Crippen molar-refractivity contribution in [1.29, 1.82) is 0 Å². The van der Waals surface area contributed by atoms with E-state index in [4.69, 9.17) is 5.73 Å². The molecule has 0 aliphatic heterocycles. The van der Waals surface area contributed by atoms with Gasteiger partial charge in [0.15, 0.2) is 5.96 Å². The van der Waals surface area contributed by atoms with Gasteiger partial charge in [-0.25, -0.2) is 0 Å². The first-order valence-electron chi connectivity index (χ1n) is 6.49. The maximum absolute atomic E-state index is 11.3.